The number of carbonyl (C=O) groups is 1. The normalized spacial score (nSPS) is 14.0. The molecular weight excluding hydrogens is 388 g/mol. The summed E-state index contributed by atoms with van der Waals surface area (Å²) in [5.74, 6) is 1.11. The number of nitrogens with one attached hydrogen (secondary N) is 1. The molecule has 1 aliphatic carbocycles. The van der Waals surface area contributed by atoms with Gasteiger partial charge in [-0.15, -0.1) is 12.4 Å². The fourth-order valence-corrected chi connectivity index (χ4v) is 3.22. The molecule has 1 unspecified atom stereocenters. The largest absolute Gasteiger partial charge is 0.497 e. The van der Waals surface area contributed by atoms with E-state index in [-0.39, 0.29) is 24.4 Å². The summed E-state index contributed by atoms with van der Waals surface area (Å²) in [6.45, 7) is 0.472. The molecule has 1 aromatic heterocycles. The number of ether oxygens (including phenoxy) is 1. The van der Waals surface area contributed by atoms with Crippen LogP contribution in [0.3, 0.4) is 0 Å². The number of nitrogens with two attached hydrogens (primary N) is 1. The molecule has 1 fully saturated rings. The van der Waals surface area contributed by atoms with Crippen LogP contribution in [0.15, 0.2) is 60.7 Å². The Labute approximate surface area is 176 Å². The first-order valence-electron chi connectivity index (χ1n) is 9.49. The molecule has 152 valence electrons. The van der Waals surface area contributed by atoms with Crippen LogP contribution in [0.4, 0.5) is 0 Å². The van der Waals surface area contributed by atoms with Crippen LogP contribution in [0.2, 0.25) is 0 Å². The van der Waals surface area contributed by atoms with Gasteiger partial charge in [-0.2, -0.15) is 5.10 Å². The zero-order chi connectivity index (χ0) is 19.5. The smallest absolute Gasteiger partial charge is 0.271 e. The van der Waals surface area contributed by atoms with Crippen LogP contribution in [0.1, 0.15) is 23.3 Å². The van der Waals surface area contributed by atoms with Crippen molar-refractivity contribution in [3.63, 3.8) is 0 Å². The number of halogens is 1. The van der Waals surface area contributed by atoms with E-state index < -0.39 is 0 Å². The Morgan fingerprint density at radius 3 is 2.52 bits per heavy atom. The fraction of sp³-hybridized carbons (Fsp3) is 0.273. The zero-order valence-electron chi connectivity index (χ0n) is 16.2. The van der Waals surface area contributed by atoms with Crippen molar-refractivity contribution < 1.29 is 9.53 Å². The molecule has 1 amide bonds. The maximum atomic E-state index is 12.7. The Morgan fingerprint density at radius 2 is 1.90 bits per heavy atom. The molecule has 1 saturated carbocycles. The van der Waals surface area contributed by atoms with Gasteiger partial charge in [0.1, 0.15) is 5.75 Å². The van der Waals surface area contributed by atoms with Gasteiger partial charge in [0, 0.05) is 18.2 Å². The van der Waals surface area contributed by atoms with E-state index in [1.54, 1.807) is 11.8 Å². The Hall–Kier alpha value is -2.83. The molecule has 7 heteroatoms. The standard InChI is InChI=1S/C22H24N4O2.ClH/c1-28-18-11-9-16(10-12-18)21-13-20(22(27)24-14-19(23)15-7-8-15)25-26(21)17-5-3-2-4-6-17;/h2-6,9-13,15,19H,7-8,14,23H2,1H3,(H,24,27);1H. The van der Waals surface area contributed by atoms with Crippen molar-refractivity contribution in [2.45, 2.75) is 18.9 Å². The van der Waals surface area contributed by atoms with Gasteiger partial charge in [0.25, 0.3) is 5.91 Å². The third-order valence-electron chi connectivity index (χ3n) is 5.05. The second-order valence-electron chi connectivity index (χ2n) is 7.10. The van der Waals surface area contributed by atoms with Crippen LogP contribution in [0, 0.1) is 5.92 Å². The number of carbonyl (C=O) groups excluding carboxylic acids is 1. The zero-order valence-corrected chi connectivity index (χ0v) is 17.1. The number of nitrogens with zero attached hydrogens (tertiary/aromatic N) is 2. The monoisotopic (exact) mass is 412 g/mol. The first-order valence-corrected chi connectivity index (χ1v) is 9.49. The van der Waals surface area contributed by atoms with Crippen LogP contribution in [0.5, 0.6) is 5.75 Å². The minimum absolute atomic E-state index is 0. The molecule has 4 rings (SSSR count). The third kappa shape index (κ3) is 4.78. The summed E-state index contributed by atoms with van der Waals surface area (Å²) in [7, 11) is 1.64. The summed E-state index contributed by atoms with van der Waals surface area (Å²) < 4.78 is 7.03. The average Bonchev–Trinajstić information content (AvgIpc) is 3.51. The predicted molar refractivity (Wildman–Crippen MR) is 116 cm³/mol. The van der Waals surface area contributed by atoms with Gasteiger partial charge < -0.3 is 15.8 Å². The van der Waals surface area contributed by atoms with E-state index in [0.29, 0.717) is 18.2 Å². The molecule has 6 nitrogen and oxygen atoms in total. The van der Waals surface area contributed by atoms with Crippen LogP contribution in [-0.2, 0) is 0 Å². The number of hydrogen-bond donors (Lipinski definition) is 2. The number of hydrogen-bond acceptors (Lipinski definition) is 4. The fourth-order valence-electron chi connectivity index (χ4n) is 3.22. The van der Waals surface area contributed by atoms with E-state index in [1.165, 1.54) is 0 Å². The lowest BCUT2D eigenvalue weighted by Crippen LogP contribution is -2.38. The quantitative estimate of drug-likeness (QED) is 0.622. The highest BCUT2D eigenvalue weighted by atomic mass is 35.5. The molecule has 0 bridgehead atoms. The van der Waals surface area contributed by atoms with Crippen molar-refractivity contribution >= 4 is 18.3 Å². The van der Waals surface area contributed by atoms with E-state index >= 15 is 0 Å². The molecular formula is C22H25ClN4O2. The van der Waals surface area contributed by atoms with Crippen molar-refractivity contribution in [1.82, 2.24) is 15.1 Å². The van der Waals surface area contributed by atoms with Gasteiger partial charge in [0.2, 0.25) is 0 Å². The first kappa shape index (κ1) is 20.9. The van der Waals surface area contributed by atoms with Crippen molar-refractivity contribution in [3.8, 4) is 22.7 Å². The average molecular weight is 413 g/mol. The topological polar surface area (TPSA) is 82.2 Å². The van der Waals surface area contributed by atoms with Crippen molar-refractivity contribution in [3.05, 3.63) is 66.4 Å². The van der Waals surface area contributed by atoms with Crippen LogP contribution in [-0.4, -0.2) is 35.4 Å². The van der Waals surface area contributed by atoms with Gasteiger partial charge in [-0.05, 0) is 61.2 Å². The van der Waals surface area contributed by atoms with Crippen LogP contribution >= 0.6 is 12.4 Å². The molecule has 0 aliphatic heterocycles. The summed E-state index contributed by atoms with van der Waals surface area (Å²) in [5, 5.41) is 7.49. The minimum Gasteiger partial charge on any atom is -0.497 e. The Bertz CT molecular complexity index is 953. The van der Waals surface area contributed by atoms with Gasteiger partial charge in [-0.3, -0.25) is 4.79 Å². The number of para-hydroxylation sites is 1. The first-order chi connectivity index (χ1) is 13.7. The number of rotatable bonds is 7. The van der Waals surface area contributed by atoms with E-state index in [1.807, 2.05) is 60.7 Å². The Morgan fingerprint density at radius 1 is 1.21 bits per heavy atom. The molecule has 1 aliphatic rings. The second kappa shape index (κ2) is 9.11. The number of methoxy groups -OCH3 is 1. The number of aromatic nitrogens is 2. The summed E-state index contributed by atoms with van der Waals surface area (Å²) in [6.07, 6.45) is 2.31. The highest BCUT2D eigenvalue weighted by molar-refractivity contribution is 5.93. The van der Waals surface area contributed by atoms with Gasteiger partial charge in [-0.25, -0.2) is 4.68 Å². The lowest BCUT2D eigenvalue weighted by atomic mass is 10.1. The summed E-state index contributed by atoms with van der Waals surface area (Å²) >= 11 is 0. The highest BCUT2D eigenvalue weighted by Gasteiger charge is 2.28. The Balaban J connectivity index is 0.00000240. The summed E-state index contributed by atoms with van der Waals surface area (Å²) in [5.41, 5.74) is 9.15. The van der Waals surface area contributed by atoms with Gasteiger partial charge in [0.05, 0.1) is 18.5 Å². The highest BCUT2D eigenvalue weighted by Crippen LogP contribution is 2.31. The molecule has 0 radical (unpaired) electrons. The van der Waals surface area contributed by atoms with E-state index in [2.05, 4.69) is 10.4 Å². The molecule has 29 heavy (non-hydrogen) atoms. The maximum absolute atomic E-state index is 12.7. The maximum Gasteiger partial charge on any atom is 0.271 e. The lowest BCUT2D eigenvalue weighted by molar-refractivity contribution is 0.0945. The summed E-state index contributed by atoms with van der Waals surface area (Å²) in [4.78, 5) is 12.7. The van der Waals surface area contributed by atoms with Crippen LogP contribution in [0.25, 0.3) is 16.9 Å². The van der Waals surface area contributed by atoms with E-state index in [4.69, 9.17) is 10.5 Å². The molecule has 3 aromatic rings. The van der Waals surface area contributed by atoms with Crippen LogP contribution < -0.4 is 15.8 Å². The lowest BCUT2D eigenvalue weighted by Gasteiger charge is -2.10. The van der Waals surface area contributed by atoms with Crippen molar-refractivity contribution in [2.75, 3.05) is 13.7 Å². The Kier molecular flexibility index (Phi) is 6.56. The van der Waals surface area contributed by atoms with Gasteiger partial charge in [-0.1, -0.05) is 18.2 Å². The molecule has 3 N–H and O–H groups in total. The van der Waals surface area contributed by atoms with Crippen molar-refractivity contribution in [1.29, 1.82) is 0 Å². The molecule has 1 atom stereocenters. The molecule has 0 spiro atoms. The SMILES string of the molecule is COc1ccc(-c2cc(C(=O)NCC(N)C3CC3)nn2-c2ccccc2)cc1.Cl. The van der Waals surface area contributed by atoms with Gasteiger partial charge in [0.15, 0.2) is 5.69 Å². The molecule has 1 heterocycles. The second-order valence-corrected chi connectivity index (χ2v) is 7.10. The van der Waals surface area contributed by atoms with Gasteiger partial charge >= 0.3 is 0 Å². The minimum atomic E-state index is -0.208. The number of benzene rings is 2. The predicted octanol–water partition coefficient (Wildman–Crippen LogP) is 3.44. The summed E-state index contributed by atoms with van der Waals surface area (Å²) in [6, 6.07) is 19.3. The number of amides is 1. The molecule has 0 saturated heterocycles. The van der Waals surface area contributed by atoms with E-state index in [9.17, 15) is 4.79 Å². The third-order valence-corrected chi connectivity index (χ3v) is 5.05. The molecule has 2 aromatic carbocycles. The van der Waals surface area contributed by atoms with E-state index in [0.717, 1.165) is 35.5 Å². The van der Waals surface area contributed by atoms with Crippen molar-refractivity contribution in [2.24, 2.45) is 11.7 Å².